The number of carbonyl (C=O) groups excluding carboxylic acids is 1. The van der Waals surface area contributed by atoms with Crippen LogP contribution in [-0.2, 0) is 0 Å². The number of methoxy groups -OCH3 is 2. The molecule has 0 bridgehead atoms. The average Bonchev–Trinajstić information content (AvgIpc) is 2.74. The van der Waals surface area contributed by atoms with Gasteiger partial charge in [0.15, 0.2) is 5.52 Å². The molecule has 0 fully saturated rings. The molecule has 0 amide bonds. The van der Waals surface area contributed by atoms with Gasteiger partial charge in [0.25, 0.3) is 0 Å². The minimum absolute atomic E-state index is 0. The van der Waals surface area contributed by atoms with E-state index in [1.54, 1.807) is 32.4 Å². The Morgan fingerprint density at radius 1 is 0.844 bits per heavy atom. The van der Waals surface area contributed by atoms with E-state index in [4.69, 9.17) is 18.9 Å². The van der Waals surface area contributed by atoms with Gasteiger partial charge in [-0.05, 0) is 57.5 Å². The van der Waals surface area contributed by atoms with Crippen LogP contribution in [0.4, 0.5) is 0 Å². The van der Waals surface area contributed by atoms with Gasteiger partial charge in [0.05, 0.1) is 27.4 Å². The number of carbonyl (C=O) groups is 1. The van der Waals surface area contributed by atoms with Crippen molar-refractivity contribution in [3.63, 3.8) is 0 Å². The van der Waals surface area contributed by atoms with Crippen LogP contribution in [0.3, 0.4) is 0 Å². The van der Waals surface area contributed by atoms with Gasteiger partial charge in [-0.15, -0.1) is 0 Å². The van der Waals surface area contributed by atoms with Gasteiger partial charge < -0.3 is 18.9 Å². The molecule has 0 N–H and O–H groups in total. The maximum atomic E-state index is 13.2. The zero-order chi connectivity index (χ0) is 22.8. The topological polar surface area (TPSA) is 54.0 Å². The number of ether oxygens (including phenoxy) is 4. The second kappa shape index (κ2) is 14.5. The predicted octanol–water partition coefficient (Wildman–Crippen LogP) is 5.32. The van der Waals surface area contributed by atoms with Crippen molar-refractivity contribution in [3.8, 4) is 23.0 Å². The van der Waals surface area contributed by atoms with Gasteiger partial charge in [0.1, 0.15) is 28.6 Å². The van der Waals surface area contributed by atoms with Crippen LogP contribution in [0.1, 0.15) is 50.9 Å². The SMILES string of the molecule is COc1cccc(OC)c1C(=O)Pc1ccc(OCCC(C)C)cc1OCCC(C)C.[Li]. The van der Waals surface area contributed by atoms with Gasteiger partial charge in [0, 0.05) is 30.2 Å². The molecule has 1 radical (unpaired) electrons. The van der Waals surface area contributed by atoms with Crippen molar-refractivity contribution in [2.24, 2.45) is 11.8 Å². The molecule has 0 saturated carbocycles. The van der Waals surface area contributed by atoms with Crippen molar-refractivity contribution in [3.05, 3.63) is 42.0 Å². The molecule has 0 saturated heterocycles. The summed E-state index contributed by atoms with van der Waals surface area (Å²) in [6, 6.07) is 11.1. The summed E-state index contributed by atoms with van der Waals surface area (Å²) in [6.45, 7) is 9.92. The molecule has 0 aliphatic heterocycles. The number of rotatable bonds is 13. The second-order valence-electron chi connectivity index (χ2n) is 8.21. The Morgan fingerprint density at radius 3 is 1.94 bits per heavy atom. The first kappa shape index (κ1) is 28.4. The van der Waals surface area contributed by atoms with Gasteiger partial charge in [-0.1, -0.05) is 33.8 Å². The fourth-order valence-electron chi connectivity index (χ4n) is 2.89. The first-order chi connectivity index (χ1) is 14.8. The smallest absolute Gasteiger partial charge is 0.193 e. The summed E-state index contributed by atoms with van der Waals surface area (Å²) in [5.41, 5.74) is 0.396. The van der Waals surface area contributed by atoms with Gasteiger partial charge in [0.2, 0.25) is 0 Å². The van der Waals surface area contributed by atoms with Crippen LogP contribution in [0.5, 0.6) is 23.0 Å². The van der Waals surface area contributed by atoms with Crippen molar-refractivity contribution in [2.45, 2.75) is 40.5 Å². The number of hydrogen-bond acceptors (Lipinski definition) is 5. The predicted molar refractivity (Wildman–Crippen MR) is 134 cm³/mol. The van der Waals surface area contributed by atoms with E-state index in [9.17, 15) is 4.79 Å². The first-order valence-corrected chi connectivity index (χ1v) is 11.8. The molecule has 171 valence electrons. The Balaban J connectivity index is 0.00000512. The zero-order valence-corrected chi connectivity index (χ0v) is 21.5. The second-order valence-corrected chi connectivity index (χ2v) is 9.45. The largest absolute Gasteiger partial charge is 0.496 e. The molecule has 2 aromatic carbocycles. The third-order valence-corrected chi connectivity index (χ3v) is 5.93. The Morgan fingerprint density at radius 2 is 1.41 bits per heavy atom. The quantitative estimate of drug-likeness (QED) is 0.304. The Hall–Kier alpha value is -1.66. The molecule has 0 aliphatic carbocycles. The van der Waals surface area contributed by atoms with Gasteiger partial charge in [-0.25, -0.2) is 0 Å². The molecular formula is C25H35LiO5P. The van der Waals surface area contributed by atoms with Crippen molar-refractivity contribution in [1.82, 2.24) is 0 Å². The van der Waals surface area contributed by atoms with E-state index in [2.05, 4.69) is 27.7 Å². The van der Waals surface area contributed by atoms with Crippen molar-refractivity contribution in [1.29, 1.82) is 0 Å². The molecule has 0 heterocycles. The summed E-state index contributed by atoms with van der Waals surface area (Å²) < 4.78 is 22.8. The molecule has 32 heavy (non-hydrogen) atoms. The van der Waals surface area contributed by atoms with Crippen LogP contribution < -0.4 is 24.3 Å². The van der Waals surface area contributed by atoms with E-state index in [-0.39, 0.29) is 33.0 Å². The zero-order valence-electron chi connectivity index (χ0n) is 20.5. The van der Waals surface area contributed by atoms with Gasteiger partial charge >= 0.3 is 0 Å². The van der Waals surface area contributed by atoms with Gasteiger partial charge in [-0.2, -0.15) is 0 Å². The van der Waals surface area contributed by atoms with E-state index < -0.39 is 0 Å². The maximum Gasteiger partial charge on any atom is 0.193 e. The molecule has 5 nitrogen and oxygen atoms in total. The maximum absolute atomic E-state index is 13.2. The fraction of sp³-hybridized carbons (Fsp3) is 0.480. The Bertz CT molecular complexity index is 832. The van der Waals surface area contributed by atoms with Crippen molar-refractivity contribution < 1.29 is 23.7 Å². The van der Waals surface area contributed by atoms with E-state index in [1.165, 1.54) is 0 Å². The van der Waals surface area contributed by atoms with Crippen LogP contribution in [0.15, 0.2) is 36.4 Å². The van der Waals surface area contributed by atoms with Crippen LogP contribution in [0, 0.1) is 11.8 Å². The Kier molecular flexibility index (Phi) is 12.8. The van der Waals surface area contributed by atoms with Crippen LogP contribution in [0.25, 0.3) is 0 Å². The molecule has 2 aromatic rings. The van der Waals surface area contributed by atoms with Crippen LogP contribution in [0.2, 0.25) is 0 Å². The molecule has 7 heteroatoms. The number of hydrogen-bond donors (Lipinski definition) is 0. The standard InChI is InChI=1S/C25H35O5P.Li/c1-17(2)12-14-29-19-10-11-23(22(16-19)30-15-13-18(3)4)31-25(26)24-20(27-5)8-7-9-21(24)28-6;/h7-11,16-18,31H,12-15H2,1-6H3;. The number of benzene rings is 2. The summed E-state index contributed by atoms with van der Waals surface area (Å²) in [6.07, 6.45) is 1.92. The summed E-state index contributed by atoms with van der Waals surface area (Å²) >= 11 is 0. The summed E-state index contributed by atoms with van der Waals surface area (Å²) in [4.78, 5) is 13.2. The van der Waals surface area contributed by atoms with E-state index in [0.29, 0.717) is 47.9 Å². The Labute approximate surface area is 206 Å². The van der Waals surface area contributed by atoms with E-state index >= 15 is 0 Å². The third-order valence-electron chi connectivity index (χ3n) is 4.77. The molecule has 0 aromatic heterocycles. The molecule has 1 atom stereocenters. The summed E-state index contributed by atoms with van der Waals surface area (Å²) in [5, 5.41) is 0.845. The minimum Gasteiger partial charge on any atom is -0.496 e. The monoisotopic (exact) mass is 453 g/mol. The molecular weight excluding hydrogens is 418 g/mol. The molecule has 2 rings (SSSR count). The molecule has 1 unspecified atom stereocenters. The minimum atomic E-state index is -0.126. The summed E-state index contributed by atoms with van der Waals surface area (Å²) in [5.74, 6) is 3.59. The van der Waals surface area contributed by atoms with Crippen molar-refractivity contribution in [2.75, 3.05) is 27.4 Å². The van der Waals surface area contributed by atoms with Crippen LogP contribution in [-0.4, -0.2) is 51.8 Å². The van der Waals surface area contributed by atoms with E-state index in [1.807, 2.05) is 18.2 Å². The third kappa shape index (κ3) is 8.70. The normalized spacial score (nSPS) is 11.0. The first-order valence-electron chi connectivity index (χ1n) is 10.8. The molecule has 0 aliphatic rings. The van der Waals surface area contributed by atoms with Crippen LogP contribution >= 0.6 is 8.58 Å². The van der Waals surface area contributed by atoms with Crippen molar-refractivity contribution >= 4 is 38.3 Å². The van der Waals surface area contributed by atoms with E-state index in [0.717, 1.165) is 23.9 Å². The van der Waals surface area contributed by atoms with Gasteiger partial charge in [-0.3, -0.25) is 4.79 Å². The average molecular weight is 453 g/mol. The summed E-state index contributed by atoms with van der Waals surface area (Å²) in [7, 11) is 2.98. The fourth-order valence-corrected chi connectivity index (χ4v) is 3.94. The molecule has 0 spiro atoms.